The Balaban J connectivity index is 1.86. The average Bonchev–Trinajstić information content (AvgIpc) is 2.79. The zero-order chi connectivity index (χ0) is 10.5. The Kier molecular flexibility index (Phi) is 3.49. The molecule has 1 atom stereocenters. The number of ether oxygens (including phenoxy) is 2. The Morgan fingerprint density at radius 3 is 3.33 bits per heavy atom. The molecule has 1 aromatic rings. The van der Waals surface area contributed by atoms with Gasteiger partial charge in [0.2, 0.25) is 0 Å². The van der Waals surface area contributed by atoms with Crippen LogP contribution >= 0.6 is 0 Å². The Bertz CT molecular complexity index is 313. The van der Waals surface area contributed by atoms with E-state index < -0.39 is 0 Å². The summed E-state index contributed by atoms with van der Waals surface area (Å²) < 4.78 is 10.8. The number of rotatable bonds is 4. The minimum Gasteiger partial charge on any atom is -0.379 e. The van der Waals surface area contributed by atoms with Crippen LogP contribution in [0.1, 0.15) is 12.1 Å². The number of hydrogen-bond donors (Lipinski definition) is 2. The van der Waals surface area contributed by atoms with Crippen molar-refractivity contribution >= 4 is 5.69 Å². The first-order valence-electron chi connectivity index (χ1n) is 4.99. The summed E-state index contributed by atoms with van der Waals surface area (Å²) >= 11 is 0. The largest absolute Gasteiger partial charge is 0.379 e. The van der Waals surface area contributed by atoms with E-state index in [4.69, 9.17) is 15.3 Å². The van der Waals surface area contributed by atoms with Gasteiger partial charge >= 0.3 is 0 Å². The van der Waals surface area contributed by atoms with Gasteiger partial charge in [-0.3, -0.25) is 10.8 Å². The van der Waals surface area contributed by atoms with Crippen LogP contribution in [0.25, 0.3) is 0 Å². The molecule has 2 rings (SSSR count). The number of hydrogen-bond acceptors (Lipinski definition) is 5. The molecule has 1 unspecified atom stereocenters. The van der Waals surface area contributed by atoms with Gasteiger partial charge < -0.3 is 14.9 Å². The van der Waals surface area contributed by atoms with E-state index in [0.29, 0.717) is 13.2 Å². The van der Waals surface area contributed by atoms with Crippen molar-refractivity contribution in [1.82, 2.24) is 4.98 Å². The van der Waals surface area contributed by atoms with Gasteiger partial charge in [0.1, 0.15) is 0 Å². The third-order valence-corrected chi connectivity index (χ3v) is 2.34. The standard InChI is InChI=1S/C10H15N3O2/c11-13-8-1-3-12-9(5-8)6-15-10-2-4-14-7-10/h1,3,5,10H,2,4,6-7,11H2,(H,12,13). The lowest BCUT2D eigenvalue weighted by Crippen LogP contribution is -2.13. The van der Waals surface area contributed by atoms with E-state index in [1.54, 1.807) is 6.20 Å². The number of nitrogen functional groups attached to an aromatic ring is 1. The summed E-state index contributed by atoms with van der Waals surface area (Å²) in [5, 5.41) is 0. The summed E-state index contributed by atoms with van der Waals surface area (Å²) in [5.41, 5.74) is 4.29. The molecule has 0 bridgehead atoms. The van der Waals surface area contributed by atoms with Crippen LogP contribution in [0.2, 0.25) is 0 Å². The number of pyridine rings is 1. The fourth-order valence-electron chi connectivity index (χ4n) is 1.49. The van der Waals surface area contributed by atoms with Crippen LogP contribution in [0.3, 0.4) is 0 Å². The highest BCUT2D eigenvalue weighted by molar-refractivity contribution is 5.41. The van der Waals surface area contributed by atoms with Crippen LogP contribution in [0.4, 0.5) is 5.69 Å². The molecule has 1 aliphatic rings. The molecule has 0 radical (unpaired) electrons. The van der Waals surface area contributed by atoms with Gasteiger partial charge in [-0.15, -0.1) is 0 Å². The summed E-state index contributed by atoms with van der Waals surface area (Å²) in [4.78, 5) is 4.19. The van der Waals surface area contributed by atoms with E-state index in [-0.39, 0.29) is 6.10 Å². The van der Waals surface area contributed by atoms with Gasteiger partial charge in [-0.1, -0.05) is 0 Å². The van der Waals surface area contributed by atoms with Crippen LogP contribution in [0, 0.1) is 0 Å². The van der Waals surface area contributed by atoms with Crippen molar-refractivity contribution < 1.29 is 9.47 Å². The maximum atomic E-state index is 5.63. The third-order valence-electron chi connectivity index (χ3n) is 2.34. The van der Waals surface area contributed by atoms with Gasteiger partial charge in [-0.05, 0) is 18.6 Å². The van der Waals surface area contributed by atoms with Crippen molar-refractivity contribution in [3.63, 3.8) is 0 Å². The maximum Gasteiger partial charge on any atom is 0.0893 e. The molecule has 0 aliphatic carbocycles. The lowest BCUT2D eigenvalue weighted by atomic mass is 10.3. The number of nitrogens with one attached hydrogen (secondary N) is 1. The van der Waals surface area contributed by atoms with Gasteiger partial charge in [0.25, 0.3) is 0 Å². The summed E-state index contributed by atoms with van der Waals surface area (Å²) in [7, 11) is 0. The first kappa shape index (κ1) is 10.4. The Labute approximate surface area is 88.6 Å². The predicted octanol–water partition coefficient (Wildman–Crippen LogP) is 0.673. The van der Waals surface area contributed by atoms with Gasteiger partial charge in [0, 0.05) is 12.8 Å². The predicted molar refractivity (Wildman–Crippen MR) is 56.1 cm³/mol. The monoisotopic (exact) mass is 209 g/mol. The highest BCUT2D eigenvalue weighted by Crippen LogP contribution is 2.12. The van der Waals surface area contributed by atoms with E-state index in [1.165, 1.54) is 0 Å². The number of nitrogens with two attached hydrogens (primary N) is 1. The second kappa shape index (κ2) is 5.06. The minimum atomic E-state index is 0.210. The van der Waals surface area contributed by atoms with Crippen molar-refractivity contribution in [2.24, 2.45) is 5.84 Å². The first-order chi connectivity index (χ1) is 7.38. The van der Waals surface area contributed by atoms with Gasteiger partial charge in [0.15, 0.2) is 0 Å². The molecule has 0 amide bonds. The van der Waals surface area contributed by atoms with Crippen molar-refractivity contribution in [3.8, 4) is 0 Å². The molecular weight excluding hydrogens is 194 g/mol. The van der Waals surface area contributed by atoms with Crippen LogP contribution in [-0.2, 0) is 16.1 Å². The highest BCUT2D eigenvalue weighted by Gasteiger charge is 2.15. The van der Waals surface area contributed by atoms with Crippen molar-refractivity contribution in [3.05, 3.63) is 24.0 Å². The summed E-state index contributed by atoms with van der Waals surface area (Å²) in [5.74, 6) is 5.30. The van der Waals surface area contributed by atoms with E-state index in [2.05, 4.69) is 10.4 Å². The molecule has 5 heteroatoms. The number of hydrazine groups is 1. The van der Waals surface area contributed by atoms with Crippen molar-refractivity contribution in [2.45, 2.75) is 19.1 Å². The summed E-state index contributed by atoms with van der Waals surface area (Å²) in [6.45, 7) is 1.99. The highest BCUT2D eigenvalue weighted by atomic mass is 16.5. The quantitative estimate of drug-likeness (QED) is 0.563. The van der Waals surface area contributed by atoms with Crippen molar-refractivity contribution in [2.75, 3.05) is 18.6 Å². The molecule has 0 saturated carbocycles. The van der Waals surface area contributed by atoms with Crippen LogP contribution in [0.15, 0.2) is 18.3 Å². The Hall–Kier alpha value is -1.17. The molecule has 1 fully saturated rings. The Morgan fingerprint density at radius 2 is 2.60 bits per heavy atom. The third kappa shape index (κ3) is 2.89. The number of aromatic nitrogens is 1. The average molecular weight is 209 g/mol. The van der Waals surface area contributed by atoms with E-state index in [0.717, 1.165) is 24.4 Å². The van der Waals surface area contributed by atoms with Gasteiger partial charge in [0.05, 0.1) is 30.7 Å². The maximum absolute atomic E-state index is 5.63. The van der Waals surface area contributed by atoms with Crippen LogP contribution < -0.4 is 11.3 Å². The molecule has 3 N–H and O–H groups in total. The zero-order valence-corrected chi connectivity index (χ0v) is 8.48. The minimum absolute atomic E-state index is 0.210. The molecule has 0 spiro atoms. The molecule has 0 aromatic carbocycles. The zero-order valence-electron chi connectivity index (χ0n) is 8.48. The molecule has 82 valence electrons. The number of anilines is 1. The van der Waals surface area contributed by atoms with Gasteiger partial charge in [-0.2, -0.15) is 0 Å². The lowest BCUT2D eigenvalue weighted by Gasteiger charge is -2.09. The molecule has 1 aromatic heterocycles. The lowest BCUT2D eigenvalue weighted by molar-refractivity contribution is 0.0302. The fourth-order valence-corrected chi connectivity index (χ4v) is 1.49. The summed E-state index contributed by atoms with van der Waals surface area (Å²) in [6, 6.07) is 3.68. The SMILES string of the molecule is NNc1ccnc(COC2CCOC2)c1. The van der Waals surface area contributed by atoms with E-state index >= 15 is 0 Å². The van der Waals surface area contributed by atoms with Crippen LogP contribution in [-0.4, -0.2) is 24.3 Å². The molecule has 1 saturated heterocycles. The van der Waals surface area contributed by atoms with Crippen molar-refractivity contribution in [1.29, 1.82) is 0 Å². The molecule has 1 aliphatic heterocycles. The van der Waals surface area contributed by atoms with E-state index in [9.17, 15) is 0 Å². The van der Waals surface area contributed by atoms with E-state index in [1.807, 2.05) is 12.1 Å². The smallest absolute Gasteiger partial charge is 0.0893 e. The Morgan fingerprint density at radius 1 is 1.67 bits per heavy atom. The van der Waals surface area contributed by atoms with Gasteiger partial charge in [-0.25, -0.2) is 0 Å². The molecule has 5 nitrogen and oxygen atoms in total. The first-order valence-corrected chi connectivity index (χ1v) is 4.99. The molecule has 2 heterocycles. The fraction of sp³-hybridized carbons (Fsp3) is 0.500. The molecular formula is C10H15N3O2. The normalized spacial score (nSPS) is 20.5. The second-order valence-corrected chi connectivity index (χ2v) is 3.48. The van der Waals surface area contributed by atoms with Crippen LogP contribution in [0.5, 0.6) is 0 Å². The number of nitrogens with zero attached hydrogens (tertiary/aromatic N) is 1. The second-order valence-electron chi connectivity index (χ2n) is 3.48. The summed E-state index contributed by atoms with van der Waals surface area (Å²) in [6.07, 6.45) is 2.88. The molecule has 15 heavy (non-hydrogen) atoms. The topological polar surface area (TPSA) is 69.4 Å².